The lowest BCUT2D eigenvalue weighted by Gasteiger charge is -2.13. The number of hydrogen-bond donors (Lipinski definition) is 2. The number of carbonyl (C=O) groups is 1. The van der Waals surface area contributed by atoms with E-state index in [9.17, 15) is 4.79 Å². The molecule has 0 saturated heterocycles. The van der Waals surface area contributed by atoms with Gasteiger partial charge in [-0.1, -0.05) is 13.0 Å². The standard InChI is InChI=1S/C16H21N3O2/c1-4-11(2)21-14-7-5-6-13(9-14)18-16(20)15-8-12(17)10-19(15)3/h5-11H,4,17H2,1-3H3,(H,18,20). The maximum absolute atomic E-state index is 12.2. The molecule has 0 radical (unpaired) electrons. The molecule has 21 heavy (non-hydrogen) atoms. The fourth-order valence-corrected chi connectivity index (χ4v) is 1.97. The van der Waals surface area contributed by atoms with Gasteiger partial charge in [0, 0.05) is 25.0 Å². The monoisotopic (exact) mass is 287 g/mol. The van der Waals surface area contributed by atoms with Gasteiger partial charge in [0.15, 0.2) is 0 Å². The third-order valence-corrected chi connectivity index (χ3v) is 3.26. The SMILES string of the molecule is CCC(C)Oc1cccc(NC(=O)c2cc(N)cn2C)c1. The van der Waals surface area contributed by atoms with Gasteiger partial charge >= 0.3 is 0 Å². The van der Waals surface area contributed by atoms with Crippen LogP contribution in [-0.2, 0) is 7.05 Å². The van der Waals surface area contributed by atoms with Crippen LogP contribution in [0, 0.1) is 0 Å². The molecule has 0 saturated carbocycles. The number of rotatable bonds is 5. The van der Waals surface area contributed by atoms with Gasteiger partial charge in [-0.3, -0.25) is 4.79 Å². The second-order valence-electron chi connectivity index (χ2n) is 5.09. The molecule has 5 heteroatoms. The summed E-state index contributed by atoms with van der Waals surface area (Å²) in [5.74, 6) is 0.545. The zero-order valence-corrected chi connectivity index (χ0v) is 12.6. The smallest absolute Gasteiger partial charge is 0.272 e. The molecule has 0 bridgehead atoms. The summed E-state index contributed by atoms with van der Waals surface area (Å²) in [7, 11) is 1.79. The Balaban J connectivity index is 2.11. The first-order valence-corrected chi connectivity index (χ1v) is 6.99. The van der Waals surface area contributed by atoms with E-state index in [-0.39, 0.29) is 12.0 Å². The van der Waals surface area contributed by atoms with Crippen LogP contribution in [0.15, 0.2) is 36.5 Å². The van der Waals surface area contributed by atoms with E-state index < -0.39 is 0 Å². The molecule has 1 aromatic heterocycles. The molecular formula is C16H21N3O2. The van der Waals surface area contributed by atoms with Gasteiger partial charge in [0.25, 0.3) is 5.91 Å². The number of carbonyl (C=O) groups excluding carboxylic acids is 1. The lowest BCUT2D eigenvalue weighted by Crippen LogP contribution is -2.15. The lowest BCUT2D eigenvalue weighted by molar-refractivity contribution is 0.101. The molecule has 1 heterocycles. The van der Waals surface area contributed by atoms with Crippen LogP contribution >= 0.6 is 0 Å². The Bertz CT molecular complexity index is 634. The van der Waals surface area contributed by atoms with E-state index in [1.807, 2.05) is 31.2 Å². The zero-order valence-electron chi connectivity index (χ0n) is 12.6. The van der Waals surface area contributed by atoms with Crippen molar-refractivity contribution < 1.29 is 9.53 Å². The molecule has 2 aromatic rings. The minimum absolute atomic E-state index is 0.142. The lowest BCUT2D eigenvalue weighted by atomic mass is 10.2. The molecule has 112 valence electrons. The molecule has 0 fully saturated rings. The van der Waals surface area contributed by atoms with Gasteiger partial charge in [-0.2, -0.15) is 0 Å². The Morgan fingerprint density at radius 1 is 1.43 bits per heavy atom. The van der Waals surface area contributed by atoms with Crippen molar-refractivity contribution in [1.82, 2.24) is 4.57 Å². The highest BCUT2D eigenvalue weighted by molar-refractivity contribution is 6.03. The number of amides is 1. The zero-order chi connectivity index (χ0) is 15.4. The predicted octanol–water partition coefficient (Wildman–Crippen LogP) is 3.04. The molecule has 0 aliphatic carbocycles. The molecule has 1 atom stereocenters. The van der Waals surface area contributed by atoms with Crippen LogP contribution in [0.3, 0.4) is 0 Å². The number of ether oxygens (including phenoxy) is 1. The average molecular weight is 287 g/mol. The summed E-state index contributed by atoms with van der Waals surface area (Å²) < 4.78 is 7.44. The minimum atomic E-state index is -0.199. The van der Waals surface area contributed by atoms with Crippen LogP contribution < -0.4 is 15.8 Å². The van der Waals surface area contributed by atoms with E-state index in [0.29, 0.717) is 17.1 Å². The van der Waals surface area contributed by atoms with E-state index in [2.05, 4.69) is 12.2 Å². The summed E-state index contributed by atoms with van der Waals surface area (Å²) in [6, 6.07) is 9.02. The fourth-order valence-electron chi connectivity index (χ4n) is 1.97. The van der Waals surface area contributed by atoms with Gasteiger partial charge in [-0.15, -0.1) is 0 Å². The van der Waals surface area contributed by atoms with Crippen LogP contribution in [0.1, 0.15) is 30.8 Å². The van der Waals surface area contributed by atoms with E-state index in [1.165, 1.54) is 0 Å². The largest absolute Gasteiger partial charge is 0.491 e. The molecule has 0 spiro atoms. The Labute approximate surface area is 124 Å². The Morgan fingerprint density at radius 2 is 2.19 bits per heavy atom. The summed E-state index contributed by atoms with van der Waals surface area (Å²) in [6.45, 7) is 4.08. The van der Waals surface area contributed by atoms with Gasteiger partial charge < -0.3 is 20.4 Å². The van der Waals surface area contributed by atoms with Gasteiger partial charge in [-0.25, -0.2) is 0 Å². The molecule has 3 N–H and O–H groups in total. The summed E-state index contributed by atoms with van der Waals surface area (Å²) in [6.07, 6.45) is 2.78. The van der Waals surface area contributed by atoms with Gasteiger partial charge in [0.05, 0.1) is 11.8 Å². The van der Waals surface area contributed by atoms with Gasteiger partial charge in [-0.05, 0) is 31.5 Å². The predicted molar refractivity (Wildman–Crippen MR) is 84.6 cm³/mol. The van der Waals surface area contributed by atoms with Crippen LogP contribution in [0.2, 0.25) is 0 Å². The van der Waals surface area contributed by atoms with E-state index in [4.69, 9.17) is 10.5 Å². The van der Waals surface area contributed by atoms with Crippen molar-refractivity contribution in [3.05, 3.63) is 42.2 Å². The second kappa shape index (κ2) is 6.35. The Hall–Kier alpha value is -2.43. The first-order chi connectivity index (χ1) is 9.99. The highest BCUT2D eigenvalue weighted by Gasteiger charge is 2.11. The van der Waals surface area contributed by atoms with E-state index in [0.717, 1.165) is 12.2 Å². The quantitative estimate of drug-likeness (QED) is 0.888. The summed E-state index contributed by atoms with van der Waals surface area (Å²) in [5, 5.41) is 2.85. The molecule has 0 aliphatic rings. The maximum atomic E-state index is 12.2. The minimum Gasteiger partial charge on any atom is -0.491 e. The van der Waals surface area contributed by atoms with Crippen molar-refractivity contribution in [2.75, 3.05) is 11.1 Å². The molecule has 1 amide bonds. The van der Waals surface area contributed by atoms with Crippen LogP contribution in [0.4, 0.5) is 11.4 Å². The van der Waals surface area contributed by atoms with Crippen LogP contribution in [0.5, 0.6) is 5.75 Å². The highest BCUT2D eigenvalue weighted by Crippen LogP contribution is 2.20. The summed E-state index contributed by atoms with van der Waals surface area (Å²) in [5.41, 5.74) is 7.46. The van der Waals surface area contributed by atoms with Crippen LogP contribution in [0.25, 0.3) is 0 Å². The number of aryl methyl sites for hydroxylation is 1. The van der Waals surface area contributed by atoms with Crippen molar-refractivity contribution in [3.8, 4) is 5.75 Å². The third kappa shape index (κ3) is 3.78. The van der Waals surface area contributed by atoms with Crippen LogP contribution in [-0.4, -0.2) is 16.6 Å². The summed E-state index contributed by atoms with van der Waals surface area (Å²) in [4.78, 5) is 12.2. The fraction of sp³-hybridized carbons (Fsp3) is 0.312. The molecule has 1 aromatic carbocycles. The summed E-state index contributed by atoms with van der Waals surface area (Å²) >= 11 is 0. The maximum Gasteiger partial charge on any atom is 0.272 e. The number of nitrogen functional groups attached to an aromatic ring is 1. The van der Waals surface area contributed by atoms with Crippen molar-refractivity contribution >= 4 is 17.3 Å². The first kappa shape index (κ1) is 15.0. The number of anilines is 2. The number of benzene rings is 1. The van der Waals surface area contributed by atoms with Crippen molar-refractivity contribution in [3.63, 3.8) is 0 Å². The second-order valence-corrected chi connectivity index (χ2v) is 5.09. The topological polar surface area (TPSA) is 69.3 Å². The third-order valence-electron chi connectivity index (χ3n) is 3.26. The number of aromatic nitrogens is 1. The number of nitrogens with one attached hydrogen (secondary N) is 1. The molecule has 2 rings (SSSR count). The molecule has 1 unspecified atom stereocenters. The number of hydrogen-bond acceptors (Lipinski definition) is 3. The van der Waals surface area contributed by atoms with Crippen molar-refractivity contribution in [1.29, 1.82) is 0 Å². The van der Waals surface area contributed by atoms with Gasteiger partial charge in [0.2, 0.25) is 0 Å². The van der Waals surface area contributed by atoms with Crippen molar-refractivity contribution in [2.24, 2.45) is 7.05 Å². The van der Waals surface area contributed by atoms with E-state index in [1.54, 1.807) is 23.9 Å². The number of nitrogens with zero attached hydrogens (tertiary/aromatic N) is 1. The average Bonchev–Trinajstić information content (AvgIpc) is 2.78. The Morgan fingerprint density at radius 3 is 2.81 bits per heavy atom. The van der Waals surface area contributed by atoms with Gasteiger partial charge in [0.1, 0.15) is 11.4 Å². The Kier molecular flexibility index (Phi) is 4.52. The highest BCUT2D eigenvalue weighted by atomic mass is 16.5. The first-order valence-electron chi connectivity index (χ1n) is 6.99. The van der Waals surface area contributed by atoms with E-state index >= 15 is 0 Å². The molecular weight excluding hydrogens is 266 g/mol. The normalized spacial score (nSPS) is 12.0. The molecule has 0 aliphatic heterocycles. The van der Waals surface area contributed by atoms with Crippen molar-refractivity contribution in [2.45, 2.75) is 26.4 Å². The molecule has 5 nitrogen and oxygen atoms in total. The number of nitrogens with two attached hydrogens (primary N) is 1.